The largest absolute Gasteiger partial charge is 0.494 e. The fourth-order valence-corrected chi connectivity index (χ4v) is 4.15. The minimum atomic E-state index is 0.182. The zero-order chi connectivity index (χ0) is 18.5. The molecule has 140 valence electrons. The summed E-state index contributed by atoms with van der Waals surface area (Å²) in [7, 11) is 0. The second-order valence-electron chi connectivity index (χ2n) is 6.51. The van der Waals surface area contributed by atoms with E-state index in [4.69, 9.17) is 4.74 Å². The molecule has 0 radical (unpaired) electrons. The first kappa shape index (κ1) is 18.8. The number of hydrogen-bond donors (Lipinski definition) is 0. The van der Waals surface area contributed by atoms with Gasteiger partial charge in [0, 0.05) is 18.3 Å². The third-order valence-electron chi connectivity index (χ3n) is 4.65. The van der Waals surface area contributed by atoms with Gasteiger partial charge in [-0.2, -0.15) is 0 Å². The highest BCUT2D eigenvalue weighted by molar-refractivity contribution is 7.99. The summed E-state index contributed by atoms with van der Waals surface area (Å²) in [6, 6.07) is 8.18. The Bertz CT molecular complexity index is 744. The van der Waals surface area contributed by atoms with Crippen LogP contribution in [0.1, 0.15) is 38.9 Å². The molecule has 1 amide bonds. The number of thioether (sulfide) groups is 1. The summed E-state index contributed by atoms with van der Waals surface area (Å²) in [5.41, 5.74) is 0.970. The van der Waals surface area contributed by atoms with Crippen molar-refractivity contribution >= 4 is 17.7 Å². The fraction of sp³-hybridized carbons (Fsp3) is 0.526. The van der Waals surface area contributed by atoms with Crippen LogP contribution < -0.4 is 4.74 Å². The summed E-state index contributed by atoms with van der Waals surface area (Å²) < 4.78 is 7.48. The lowest BCUT2D eigenvalue weighted by Crippen LogP contribution is -2.42. The third-order valence-corrected chi connectivity index (χ3v) is 5.56. The summed E-state index contributed by atoms with van der Waals surface area (Å²) in [4.78, 5) is 14.6. The van der Waals surface area contributed by atoms with Gasteiger partial charge in [0.1, 0.15) is 11.6 Å². The summed E-state index contributed by atoms with van der Waals surface area (Å²) in [5.74, 6) is 2.21. The molecule has 0 unspecified atom stereocenters. The number of aromatic nitrogens is 3. The summed E-state index contributed by atoms with van der Waals surface area (Å²) in [6.07, 6.45) is 3.41. The lowest BCUT2D eigenvalue weighted by Gasteiger charge is -2.33. The lowest BCUT2D eigenvalue weighted by molar-refractivity contribution is -0.131. The normalized spacial score (nSPS) is 17.3. The molecule has 0 N–H and O–H groups in total. The number of benzene rings is 1. The van der Waals surface area contributed by atoms with E-state index in [0.29, 0.717) is 18.4 Å². The van der Waals surface area contributed by atoms with E-state index in [1.165, 1.54) is 18.2 Å². The van der Waals surface area contributed by atoms with Crippen LogP contribution in [0.2, 0.25) is 0 Å². The van der Waals surface area contributed by atoms with Gasteiger partial charge in [0.25, 0.3) is 0 Å². The van der Waals surface area contributed by atoms with Gasteiger partial charge >= 0.3 is 0 Å². The Morgan fingerprint density at radius 2 is 2.04 bits per heavy atom. The smallest absolute Gasteiger partial charge is 0.233 e. The molecule has 3 rings (SSSR count). The SMILES string of the molecule is CCOc1ccc(-n2c(C)nnc2SCC(=O)N2CCCC[C@H]2C)cc1. The Hall–Kier alpha value is -2.02. The Kier molecular flexibility index (Phi) is 6.19. The number of aryl methyl sites for hydroxylation is 1. The van der Waals surface area contributed by atoms with Crippen LogP contribution in [0, 0.1) is 6.92 Å². The van der Waals surface area contributed by atoms with Crippen LogP contribution in [0.15, 0.2) is 29.4 Å². The van der Waals surface area contributed by atoms with Crippen LogP contribution in [0.4, 0.5) is 0 Å². The zero-order valence-corrected chi connectivity index (χ0v) is 16.5. The Morgan fingerprint density at radius 3 is 2.73 bits per heavy atom. The van der Waals surface area contributed by atoms with Gasteiger partial charge in [-0.15, -0.1) is 10.2 Å². The number of ether oxygens (including phenoxy) is 1. The summed E-state index contributed by atoms with van der Waals surface area (Å²) >= 11 is 1.45. The van der Waals surface area contributed by atoms with E-state index in [1.807, 2.05) is 47.6 Å². The molecule has 0 saturated carbocycles. The maximum atomic E-state index is 12.6. The van der Waals surface area contributed by atoms with E-state index in [1.54, 1.807) is 0 Å². The van der Waals surface area contributed by atoms with Gasteiger partial charge in [-0.1, -0.05) is 11.8 Å². The lowest BCUT2D eigenvalue weighted by atomic mass is 10.0. The highest BCUT2D eigenvalue weighted by atomic mass is 32.2. The predicted molar refractivity (Wildman–Crippen MR) is 103 cm³/mol. The van der Waals surface area contributed by atoms with Crippen molar-refractivity contribution in [3.63, 3.8) is 0 Å². The molecule has 26 heavy (non-hydrogen) atoms. The summed E-state index contributed by atoms with van der Waals surface area (Å²) in [6.45, 7) is 7.53. The maximum Gasteiger partial charge on any atom is 0.233 e. The average Bonchev–Trinajstić information content (AvgIpc) is 3.02. The van der Waals surface area contributed by atoms with E-state index >= 15 is 0 Å². The fourth-order valence-electron chi connectivity index (χ4n) is 3.27. The van der Waals surface area contributed by atoms with E-state index in [0.717, 1.165) is 41.8 Å². The van der Waals surface area contributed by atoms with Crippen molar-refractivity contribution in [2.24, 2.45) is 0 Å². The van der Waals surface area contributed by atoms with Crippen LogP contribution in [-0.4, -0.2) is 50.5 Å². The molecule has 0 spiro atoms. The van der Waals surface area contributed by atoms with E-state index in [9.17, 15) is 4.79 Å². The van der Waals surface area contributed by atoms with Crippen molar-refractivity contribution in [1.29, 1.82) is 0 Å². The quantitative estimate of drug-likeness (QED) is 0.725. The van der Waals surface area contributed by atoms with Gasteiger partial charge in [-0.25, -0.2) is 0 Å². The molecule has 1 aliphatic rings. The Balaban J connectivity index is 1.70. The molecule has 1 aromatic carbocycles. The number of carbonyl (C=O) groups is 1. The molecule has 1 saturated heterocycles. The molecule has 1 fully saturated rings. The number of nitrogens with zero attached hydrogens (tertiary/aromatic N) is 4. The molecule has 1 atom stereocenters. The molecule has 2 aromatic rings. The molecular weight excluding hydrogens is 348 g/mol. The van der Waals surface area contributed by atoms with Crippen molar-refractivity contribution in [3.05, 3.63) is 30.1 Å². The number of amides is 1. The van der Waals surface area contributed by atoms with Gasteiger partial charge in [-0.3, -0.25) is 9.36 Å². The van der Waals surface area contributed by atoms with Crippen molar-refractivity contribution in [2.45, 2.75) is 51.2 Å². The van der Waals surface area contributed by atoms with Crippen molar-refractivity contribution in [3.8, 4) is 11.4 Å². The van der Waals surface area contributed by atoms with Crippen molar-refractivity contribution in [2.75, 3.05) is 18.9 Å². The average molecular weight is 375 g/mol. The molecule has 0 aliphatic carbocycles. The number of rotatable bonds is 6. The monoisotopic (exact) mass is 374 g/mol. The minimum absolute atomic E-state index is 0.182. The molecular formula is C19H26N4O2S. The highest BCUT2D eigenvalue weighted by Gasteiger charge is 2.24. The Labute approximate surface area is 158 Å². The van der Waals surface area contributed by atoms with Crippen LogP contribution >= 0.6 is 11.8 Å². The second kappa shape index (κ2) is 8.58. The van der Waals surface area contributed by atoms with Gasteiger partial charge in [0.15, 0.2) is 5.16 Å². The van der Waals surface area contributed by atoms with Crippen molar-refractivity contribution < 1.29 is 9.53 Å². The van der Waals surface area contributed by atoms with Gasteiger partial charge in [-0.05, 0) is 64.3 Å². The third kappa shape index (κ3) is 4.20. The molecule has 1 aromatic heterocycles. The number of piperidine rings is 1. The maximum absolute atomic E-state index is 12.6. The molecule has 0 bridgehead atoms. The van der Waals surface area contributed by atoms with E-state index in [-0.39, 0.29) is 5.91 Å². The molecule has 2 heterocycles. The second-order valence-corrected chi connectivity index (χ2v) is 7.46. The van der Waals surface area contributed by atoms with Gasteiger partial charge < -0.3 is 9.64 Å². The van der Waals surface area contributed by atoms with Gasteiger partial charge in [0.05, 0.1) is 12.4 Å². The van der Waals surface area contributed by atoms with Crippen LogP contribution in [0.5, 0.6) is 5.75 Å². The van der Waals surface area contributed by atoms with E-state index in [2.05, 4.69) is 17.1 Å². The summed E-state index contributed by atoms with van der Waals surface area (Å²) in [5, 5.41) is 9.19. The van der Waals surface area contributed by atoms with Crippen LogP contribution in [-0.2, 0) is 4.79 Å². The molecule has 1 aliphatic heterocycles. The first-order valence-corrected chi connectivity index (χ1v) is 10.2. The Morgan fingerprint density at radius 1 is 1.27 bits per heavy atom. The van der Waals surface area contributed by atoms with Gasteiger partial charge in [0.2, 0.25) is 5.91 Å². The standard InChI is InChI=1S/C19H26N4O2S/c1-4-25-17-10-8-16(9-11-17)23-15(3)20-21-19(23)26-13-18(24)22-12-6-5-7-14(22)2/h8-11,14H,4-7,12-13H2,1-3H3/t14-/m1/s1. The number of carbonyl (C=O) groups excluding carboxylic acids is 1. The van der Waals surface area contributed by atoms with Crippen LogP contribution in [0.3, 0.4) is 0 Å². The first-order valence-electron chi connectivity index (χ1n) is 9.17. The minimum Gasteiger partial charge on any atom is -0.494 e. The first-order chi connectivity index (χ1) is 12.6. The van der Waals surface area contributed by atoms with E-state index < -0.39 is 0 Å². The number of likely N-dealkylation sites (tertiary alicyclic amines) is 1. The topological polar surface area (TPSA) is 60.2 Å². The molecule has 7 heteroatoms. The predicted octanol–water partition coefficient (Wildman–Crippen LogP) is 3.47. The molecule has 6 nitrogen and oxygen atoms in total. The van der Waals surface area contributed by atoms with Crippen molar-refractivity contribution in [1.82, 2.24) is 19.7 Å². The zero-order valence-electron chi connectivity index (χ0n) is 15.6. The highest BCUT2D eigenvalue weighted by Crippen LogP contribution is 2.25. The van der Waals surface area contributed by atoms with Crippen LogP contribution in [0.25, 0.3) is 5.69 Å². The number of hydrogen-bond acceptors (Lipinski definition) is 5.